The van der Waals surface area contributed by atoms with Gasteiger partial charge < -0.3 is 0 Å². The van der Waals surface area contributed by atoms with E-state index in [2.05, 4.69) is 221 Å². The van der Waals surface area contributed by atoms with E-state index in [9.17, 15) is 0 Å². The van der Waals surface area contributed by atoms with Gasteiger partial charge in [0.15, 0.2) is 0 Å². The average molecular weight is 803 g/mol. The van der Waals surface area contributed by atoms with E-state index in [1.807, 2.05) is 35.6 Å². The quantitative estimate of drug-likeness (QED) is 0.163. The molecular weight excluding hydrogens is 741 g/mol. The topological polar surface area (TPSA) is 0 Å². The highest BCUT2D eigenvalue weighted by Gasteiger charge is 2.36. The van der Waals surface area contributed by atoms with Crippen molar-refractivity contribution in [2.45, 2.75) is 87.0 Å². The lowest BCUT2D eigenvalue weighted by molar-refractivity contribution is 0.659. The zero-order chi connectivity index (χ0) is 42.8. The molecule has 8 aromatic carbocycles. The van der Waals surface area contributed by atoms with Gasteiger partial charge in [0.2, 0.25) is 0 Å². The van der Waals surface area contributed by atoms with Gasteiger partial charge in [-0.1, -0.05) is 215 Å². The average Bonchev–Trinajstić information content (AvgIpc) is 3.73. The molecule has 0 nitrogen and oxygen atoms in total. The molecule has 0 N–H and O–H groups in total. The Balaban J connectivity index is 0.000000135. The third-order valence-corrected chi connectivity index (χ3v) is 12.6. The van der Waals surface area contributed by atoms with E-state index < -0.39 is 0 Å². The lowest BCUT2D eigenvalue weighted by Gasteiger charge is -2.22. The second-order valence-electron chi connectivity index (χ2n) is 17.0. The van der Waals surface area contributed by atoms with Crippen molar-refractivity contribution in [1.29, 1.82) is 0 Å². The molecule has 304 valence electrons. The van der Waals surface area contributed by atoms with Crippen molar-refractivity contribution in [3.05, 3.63) is 226 Å². The molecule has 0 amide bonds. The highest BCUT2D eigenvalue weighted by molar-refractivity contribution is 7.25. The third-order valence-electron chi connectivity index (χ3n) is 11.5. The summed E-state index contributed by atoms with van der Waals surface area (Å²) in [7, 11) is 0. The van der Waals surface area contributed by atoms with Crippen LogP contribution in [0.1, 0.15) is 90.6 Å². The Morgan fingerprint density at radius 3 is 1.57 bits per heavy atom. The van der Waals surface area contributed by atoms with Crippen LogP contribution in [0.15, 0.2) is 176 Å². The smallest absolute Gasteiger partial charge is 0.0355 e. The van der Waals surface area contributed by atoms with Crippen LogP contribution >= 0.6 is 11.3 Å². The van der Waals surface area contributed by atoms with E-state index in [0.29, 0.717) is 5.92 Å². The molecule has 60 heavy (non-hydrogen) atoms. The minimum Gasteiger partial charge on any atom is -0.135 e. The van der Waals surface area contributed by atoms with Gasteiger partial charge in [-0.05, 0) is 115 Å². The summed E-state index contributed by atoms with van der Waals surface area (Å²) in [5.41, 5.74) is 15.4. The molecule has 10 rings (SSSR count). The van der Waals surface area contributed by atoms with Crippen LogP contribution in [0.3, 0.4) is 0 Å². The van der Waals surface area contributed by atoms with Crippen molar-refractivity contribution in [2.24, 2.45) is 0 Å². The van der Waals surface area contributed by atoms with Crippen molar-refractivity contribution >= 4 is 42.3 Å². The predicted octanol–water partition coefficient (Wildman–Crippen LogP) is 17.5. The number of hydrogen-bond acceptors (Lipinski definition) is 1. The van der Waals surface area contributed by atoms with Gasteiger partial charge in [-0.25, -0.2) is 0 Å². The summed E-state index contributed by atoms with van der Waals surface area (Å²) in [4.78, 5) is 0. The molecule has 0 radical (unpaired) electrons. The van der Waals surface area contributed by atoms with Crippen LogP contribution in [0.2, 0.25) is 0 Å². The Bertz CT molecular complexity index is 2770. The van der Waals surface area contributed by atoms with Crippen LogP contribution < -0.4 is 0 Å². The first-order chi connectivity index (χ1) is 28.9. The van der Waals surface area contributed by atoms with Crippen LogP contribution in [-0.2, 0) is 11.8 Å². The Hall–Kier alpha value is -5.76. The Kier molecular flexibility index (Phi) is 14.6. The van der Waals surface area contributed by atoms with Gasteiger partial charge >= 0.3 is 0 Å². The normalized spacial score (nSPS) is 11.8. The Morgan fingerprint density at radius 1 is 0.450 bits per heavy atom. The maximum absolute atomic E-state index is 2.40. The van der Waals surface area contributed by atoms with Gasteiger partial charge in [-0.2, -0.15) is 0 Å². The second-order valence-corrected chi connectivity index (χ2v) is 18.1. The van der Waals surface area contributed by atoms with Gasteiger partial charge in [0.05, 0.1) is 0 Å². The first-order valence-electron chi connectivity index (χ1n) is 21.5. The summed E-state index contributed by atoms with van der Waals surface area (Å²) in [6.45, 7) is 22.0. The molecule has 1 aliphatic rings. The first kappa shape index (κ1) is 43.8. The van der Waals surface area contributed by atoms with E-state index in [0.717, 1.165) is 6.42 Å². The molecule has 0 unspecified atom stereocenters. The molecule has 0 aliphatic heterocycles. The molecule has 1 heterocycles. The maximum atomic E-state index is 2.40. The molecule has 9 aromatic rings. The summed E-state index contributed by atoms with van der Waals surface area (Å²) in [5.74, 6) is 0.659. The molecule has 1 aliphatic carbocycles. The second kappa shape index (κ2) is 20.0. The number of rotatable bonds is 2. The first-order valence-corrected chi connectivity index (χ1v) is 22.3. The van der Waals surface area contributed by atoms with Gasteiger partial charge in [-0.3, -0.25) is 0 Å². The van der Waals surface area contributed by atoms with Crippen LogP contribution in [0.4, 0.5) is 0 Å². The third kappa shape index (κ3) is 10.5. The standard InChI is InChI=1S/C21H20.C14H12S.C9H12.C8H10.C7H8/c1-13-9-10-17-18(11-13)21(3,4)19-12-14(2)15-7-5-6-8-16(15)20(17)19;1-2-10-7-8-14-12(9-10)11-5-3-4-6-13(11)15-14;1-8(2)9-6-4-3-5-7-9;1-7-4-3-5-8(2)6-7;1-7-5-3-2-4-6-7/h5-12H,1-4H3;3-9H,2H2,1H3;3-8H,1-2H3;3-6H,1-2H3;2-6H,1H3. The minimum absolute atomic E-state index is 0.0888. The minimum atomic E-state index is 0.0888. The number of fused-ring (bicyclic) bond motifs is 8. The van der Waals surface area contributed by atoms with Gasteiger partial charge in [0.25, 0.3) is 0 Å². The highest BCUT2D eigenvalue weighted by atomic mass is 32.1. The number of thiophene rings is 1. The predicted molar refractivity (Wildman–Crippen MR) is 267 cm³/mol. The SMILES string of the molecule is CC(C)c1ccccc1.CCc1ccc2sc3ccccc3c2c1.Cc1ccc2c(c1)C(C)(C)c1cc(C)c3ccccc3c1-2.Cc1cccc(C)c1.Cc1ccccc1. The monoisotopic (exact) mass is 802 g/mol. The van der Waals surface area contributed by atoms with Crippen molar-refractivity contribution in [3.63, 3.8) is 0 Å². The molecular formula is C59H62S. The van der Waals surface area contributed by atoms with Gasteiger partial charge in [0.1, 0.15) is 0 Å². The van der Waals surface area contributed by atoms with Crippen LogP contribution in [-0.4, -0.2) is 0 Å². The molecule has 0 bridgehead atoms. The van der Waals surface area contributed by atoms with Gasteiger partial charge in [-0.15, -0.1) is 11.3 Å². The molecule has 0 spiro atoms. The molecule has 0 fully saturated rings. The van der Waals surface area contributed by atoms with E-state index in [1.165, 1.54) is 92.1 Å². The van der Waals surface area contributed by atoms with Crippen LogP contribution in [0.5, 0.6) is 0 Å². The fourth-order valence-electron chi connectivity index (χ4n) is 8.05. The fraction of sp³-hybridized carbons (Fsp3) is 0.220. The Morgan fingerprint density at radius 2 is 1.00 bits per heavy atom. The van der Waals surface area contributed by atoms with Crippen molar-refractivity contribution in [1.82, 2.24) is 0 Å². The molecule has 1 aromatic heterocycles. The zero-order valence-corrected chi connectivity index (χ0v) is 38.3. The summed E-state index contributed by atoms with van der Waals surface area (Å²) in [5, 5.41) is 5.58. The lowest BCUT2D eigenvalue weighted by atomic mass is 9.81. The van der Waals surface area contributed by atoms with Crippen molar-refractivity contribution in [3.8, 4) is 11.1 Å². The van der Waals surface area contributed by atoms with Crippen LogP contribution in [0.25, 0.3) is 42.1 Å². The van der Waals surface area contributed by atoms with E-state index in [1.54, 1.807) is 0 Å². The van der Waals surface area contributed by atoms with E-state index >= 15 is 0 Å². The zero-order valence-electron chi connectivity index (χ0n) is 37.4. The molecule has 0 saturated heterocycles. The van der Waals surface area contributed by atoms with E-state index in [-0.39, 0.29) is 5.41 Å². The lowest BCUT2D eigenvalue weighted by Crippen LogP contribution is -2.15. The summed E-state index contributed by atoms with van der Waals surface area (Å²) < 4.78 is 2.79. The van der Waals surface area contributed by atoms with Crippen LogP contribution in [0, 0.1) is 34.6 Å². The number of benzene rings is 8. The summed E-state index contributed by atoms with van der Waals surface area (Å²) >= 11 is 1.88. The number of aryl methyl sites for hydroxylation is 6. The van der Waals surface area contributed by atoms with Crippen molar-refractivity contribution < 1.29 is 0 Å². The van der Waals surface area contributed by atoms with Crippen molar-refractivity contribution in [2.75, 3.05) is 0 Å². The number of hydrogen-bond donors (Lipinski definition) is 0. The Labute approximate surface area is 364 Å². The summed E-state index contributed by atoms with van der Waals surface area (Å²) in [6, 6.07) is 62.8. The molecule has 0 atom stereocenters. The fourth-order valence-corrected chi connectivity index (χ4v) is 9.14. The summed E-state index contributed by atoms with van der Waals surface area (Å²) in [6.07, 6.45) is 1.11. The van der Waals surface area contributed by atoms with E-state index in [4.69, 9.17) is 0 Å². The highest BCUT2D eigenvalue weighted by Crippen LogP contribution is 2.52. The largest absolute Gasteiger partial charge is 0.135 e. The maximum Gasteiger partial charge on any atom is 0.0355 e. The molecule has 0 saturated carbocycles. The molecule has 1 heteroatoms. The van der Waals surface area contributed by atoms with Gasteiger partial charge in [0, 0.05) is 25.6 Å².